The summed E-state index contributed by atoms with van der Waals surface area (Å²) in [5.74, 6) is 0. The van der Waals surface area contributed by atoms with Crippen LogP contribution in [0.25, 0.3) is 0 Å². The van der Waals surface area contributed by atoms with Gasteiger partial charge in [-0.05, 0) is 58.9 Å². The molecule has 0 aliphatic rings. The van der Waals surface area contributed by atoms with Gasteiger partial charge < -0.3 is 23.0 Å². The average molecular weight is 423 g/mol. The largest absolute Gasteiger partial charge is 0.409 e. The first-order chi connectivity index (χ1) is 11.7. The highest BCUT2D eigenvalue weighted by Crippen LogP contribution is 2.22. The van der Waals surface area contributed by atoms with Gasteiger partial charge in [-0.15, -0.1) is 0 Å². The van der Waals surface area contributed by atoms with Crippen molar-refractivity contribution in [1.29, 1.82) is 0 Å². The van der Waals surface area contributed by atoms with Gasteiger partial charge in [-0.3, -0.25) is 0 Å². The van der Waals surface area contributed by atoms with Crippen LogP contribution in [0.1, 0.15) is 0 Å². The Morgan fingerprint density at radius 1 is 0.577 bits per heavy atom. The summed E-state index contributed by atoms with van der Waals surface area (Å²) in [6.45, 7) is 19.2. The topological polar surface area (TPSA) is 70.9 Å². The molecule has 10 heteroatoms. The maximum atomic E-state index is 6.49. The summed E-state index contributed by atoms with van der Waals surface area (Å²) in [7, 11) is -2.63. The van der Waals surface area contributed by atoms with Crippen molar-refractivity contribution in [3.05, 3.63) is 0 Å². The van der Waals surface area contributed by atoms with Crippen molar-refractivity contribution in [2.75, 3.05) is 14.2 Å². The van der Waals surface area contributed by atoms with Crippen LogP contribution in [0.15, 0.2) is 10.3 Å². The van der Waals surface area contributed by atoms with Crippen molar-refractivity contribution in [3.63, 3.8) is 0 Å². The van der Waals surface area contributed by atoms with E-state index in [2.05, 4.69) is 69.2 Å². The predicted octanol–water partition coefficient (Wildman–Crippen LogP) is 3.91. The molecule has 0 fully saturated rings. The van der Waals surface area contributed by atoms with Gasteiger partial charge in [-0.25, -0.2) is 0 Å². The monoisotopic (exact) mass is 422 g/mol. The van der Waals surface area contributed by atoms with Crippen molar-refractivity contribution in [2.45, 2.75) is 77.2 Å². The highest BCUT2D eigenvalue weighted by Gasteiger charge is 2.38. The molecule has 0 aliphatic carbocycles. The van der Waals surface area contributed by atoms with E-state index in [-0.39, 0.29) is 0 Å². The second-order valence-electron chi connectivity index (χ2n) is 8.96. The normalized spacial score (nSPS) is 17.5. The molecule has 3 atom stereocenters. The van der Waals surface area contributed by atoms with Crippen LogP contribution in [0.3, 0.4) is 0 Å². The summed E-state index contributed by atoms with van der Waals surface area (Å²) in [4.78, 5) is 9.80. The molecule has 0 rings (SSSR count). The standard InChI is InChI=1S/C16H38N2O5Si3/c1-19-17-12-14(21-24(3,4)5)16(23-26(9,10)11)15(13-18-20-2)22-25(6,7)8/h12-16H,1-11H3/b17-12+,18-13+/t14-,15+,16?. The van der Waals surface area contributed by atoms with Gasteiger partial charge in [-0.1, -0.05) is 10.3 Å². The van der Waals surface area contributed by atoms with E-state index in [1.165, 1.54) is 14.2 Å². The molecule has 0 spiro atoms. The minimum absolute atomic E-state index is 0.391. The third kappa shape index (κ3) is 12.8. The Labute approximate surface area is 162 Å². The molecule has 0 bridgehead atoms. The maximum Gasteiger partial charge on any atom is 0.184 e. The molecular formula is C16H38N2O5Si3. The first-order valence-corrected chi connectivity index (χ1v) is 19.1. The lowest BCUT2D eigenvalue weighted by molar-refractivity contribution is 0.0216. The molecule has 0 heterocycles. The molecule has 26 heavy (non-hydrogen) atoms. The number of hydrogen-bond donors (Lipinski definition) is 0. The fourth-order valence-electron chi connectivity index (χ4n) is 2.15. The van der Waals surface area contributed by atoms with Gasteiger partial charge in [0.2, 0.25) is 0 Å². The van der Waals surface area contributed by atoms with Crippen LogP contribution in [0.2, 0.25) is 58.9 Å². The van der Waals surface area contributed by atoms with Gasteiger partial charge in [-0.2, -0.15) is 0 Å². The quantitative estimate of drug-likeness (QED) is 0.271. The fraction of sp³-hybridized carbons (Fsp3) is 0.875. The summed E-state index contributed by atoms with van der Waals surface area (Å²) in [6, 6.07) is 0. The minimum Gasteiger partial charge on any atom is -0.409 e. The summed E-state index contributed by atoms with van der Waals surface area (Å²) in [6.07, 6.45) is 2.11. The Kier molecular flexibility index (Phi) is 10.5. The first kappa shape index (κ1) is 25.5. The summed E-state index contributed by atoms with van der Waals surface area (Å²) < 4.78 is 19.2. The molecule has 0 saturated heterocycles. The zero-order valence-corrected chi connectivity index (χ0v) is 21.3. The highest BCUT2D eigenvalue weighted by atomic mass is 28.4. The predicted molar refractivity (Wildman–Crippen MR) is 116 cm³/mol. The fourth-order valence-corrected chi connectivity index (χ4v) is 5.26. The second kappa shape index (κ2) is 10.7. The molecule has 154 valence electrons. The van der Waals surface area contributed by atoms with Crippen molar-refractivity contribution >= 4 is 37.4 Å². The second-order valence-corrected chi connectivity index (χ2v) is 22.3. The Morgan fingerprint density at radius 3 is 1.12 bits per heavy atom. The van der Waals surface area contributed by atoms with Crippen molar-refractivity contribution in [1.82, 2.24) is 0 Å². The first-order valence-electron chi connectivity index (χ1n) is 8.85. The minimum atomic E-state index is -1.91. The van der Waals surface area contributed by atoms with Crippen LogP contribution < -0.4 is 0 Å². The average Bonchev–Trinajstić information content (AvgIpc) is 2.42. The molecule has 0 radical (unpaired) electrons. The third-order valence-electron chi connectivity index (χ3n) is 2.74. The SMILES string of the molecule is CO/N=C/[C@H](O[Si](C)(C)C)C(O[Si](C)(C)C)[C@@H](/C=N/OC)O[Si](C)(C)C. The van der Waals surface area contributed by atoms with Gasteiger partial charge in [0.15, 0.2) is 25.0 Å². The molecule has 0 N–H and O–H groups in total. The van der Waals surface area contributed by atoms with Crippen LogP contribution in [0.4, 0.5) is 0 Å². The summed E-state index contributed by atoms with van der Waals surface area (Å²) >= 11 is 0. The lowest BCUT2D eigenvalue weighted by atomic mass is 10.1. The number of hydrogen-bond acceptors (Lipinski definition) is 7. The van der Waals surface area contributed by atoms with Gasteiger partial charge in [0, 0.05) is 0 Å². The number of nitrogens with zero attached hydrogens (tertiary/aromatic N) is 2. The van der Waals surface area contributed by atoms with E-state index in [1.807, 2.05) is 0 Å². The van der Waals surface area contributed by atoms with Gasteiger partial charge in [0.1, 0.15) is 32.5 Å². The van der Waals surface area contributed by atoms with E-state index in [4.69, 9.17) is 23.0 Å². The Hall–Kier alpha value is -0.529. The number of rotatable bonds is 12. The Morgan fingerprint density at radius 2 is 0.885 bits per heavy atom. The third-order valence-corrected chi connectivity index (χ3v) is 5.68. The lowest BCUT2D eigenvalue weighted by Gasteiger charge is -2.39. The van der Waals surface area contributed by atoms with Crippen LogP contribution in [-0.2, 0) is 23.0 Å². The molecule has 1 unspecified atom stereocenters. The van der Waals surface area contributed by atoms with E-state index in [0.717, 1.165) is 0 Å². The maximum absolute atomic E-state index is 6.49. The molecule has 0 aromatic carbocycles. The zero-order valence-electron chi connectivity index (χ0n) is 18.3. The van der Waals surface area contributed by atoms with Gasteiger partial charge in [0.05, 0.1) is 12.4 Å². The molecule has 7 nitrogen and oxygen atoms in total. The smallest absolute Gasteiger partial charge is 0.184 e. The van der Waals surface area contributed by atoms with E-state index in [0.29, 0.717) is 0 Å². The molecular weight excluding hydrogens is 384 g/mol. The van der Waals surface area contributed by atoms with Crippen LogP contribution in [-0.4, -0.2) is 69.9 Å². The van der Waals surface area contributed by atoms with Gasteiger partial charge >= 0.3 is 0 Å². The molecule has 0 aromatic heterocycles. The molecule has 0 saturated carbocycles. The molecule has 0 aliphatic heterocycles. The van der Waals surface area contributed by atoms with E-state index in [9.17, 15) is 0 Å². The summed E-state index contributed by atoms with van der Waals surface area (Å²) in [5, 5.41) is 7.91. The van der Waals surface area contributed by atoms with Gasteiger partial charge in [0.25, 0.3) is 0 Å². The zero-order chi connectivity index (χ0) is 20.6. The Bertz CT molecular complexity index is 422. The lowest BCUT2D eigenvalue weighted by Crippen LogP contribution is -2.54. The molecule has 0 aromatic rings. The van der Waals surface area contributed by atoms with Crippen LogP contribution in [0.5, 0.6) is 0 Å². The number of oxime groups is 2. The molecule has 0 amide bonds. The van der Waals surface area contributed by atoms with E-state index < -0.39 is 43.3 Å². The van der Waals surface area contributed by atoms with Crippen molar-refractivity contribution in [3.8, 4) is 0 Å². The van der Waals surface area contributed by atoms with Crippen LogP contribution >= 0.6 is 0 Å². The van der Waals surface area contributed by atoms with Crippen molar-refractivity contribution < 1.29 is 23.0 Å². The van der Waals surface area contributed by atoms with Crippen LogP contribution in [0, 0.1) is 0 Å². The van der Waals surface area contributed by atoms with Crippen molar-refractivity contribution in [2.24, 2.45) is 10.3 Å². The summed E-state index contributed by atoms with van der Waals surface area (Å²) in [5.41, 5.74) is 0. The van der Waals surface area contributed by atoms with E-state index >= 15 is 0 Å². The van der Waals surface area contributed by atoms with E-state index in [1.54, 1.807) is 12.4 Å². The highest BCUT2D eigenvalue weighted by molar-refractivity contribution is 6.71. The Balaban J connectivity index is 5.97.